The summed E-state index contributed by atoms with van der Waals surface area (Å²) in [5.74, 6) is 0.504. The predicted molar refractivity (Wildman–Crippen MR) is 90.2 cm³/mol. The molecule has 0 radical (unpaired) electrons. The fourth-order valence-electron chi connectivity index (χ4n) is 3.29. The molecule has 0 aliphatic heterocycles. The second-order valence-electron chi connectivity index (χ2n) is 6.20. The fourth-order valence-corrected chi connectivity index (χ4v) is 3.29. The van der Waals surface area contributed by atoms with Crippen molar-refractivity contribution >= 4 is 0 Å². The molecular weight excluding hydrogens is 261 g/mol. The number of nitrogens with one attached hydrogen (secondary N) is 1. The molecule has 0 fully saturated rings. The topological polar surface area (TPSA) is 12.0 Å². The zero-order valence-corrected chi connectivity index (χ0v) is 14.4. The van der Waals surface area contributed by atoms with Crippen molar-refractivity contribution in [1.82, 2.24) is 5.32 Å². The van der Waals surface area contributed by atoms with Crippen LogP contribution in [0, 0.1) is 25.6 Å². The number of hydrogen-bond acceptors (Lipinski definition) is 1. The molecule has 0 aliphatic carbocycles. The van der Waals surface area contributed by atoms with Gasteiger partial charge in [-0.15, -0.1) is 0 Å². The van der Waals surface area contributed by atoms with Crippen LogP contribution in [0.15, 0.2) is 12.1 Å². The summed E-state index contributed by atoms with van der Waals surface area (Å²) in [5.41, 5.74) is 3.47. The Morgan fingerprint density at radius 1 is 1.05 bits per heavy atom. The van der Waals surface area contributed by atoms with Crippen molar-refractivity contribution in [1.29, 1.82) is 0 Å². The van der Waals surface area contributed by atoms with Gasteiger partial charge in [0.05, 0.1) is 0 Å². The quantitative estimate of drug-likeness (QED) is 0.616. The number of rotatable bonds is 9. The van der Waals surface area contributed by atoms with E-state index in [1.54, 1.807) is 12.1 Å². The van der Waals surface area contributed by atoms with Gasteiger partial charge in [0.1, 0.15) is 5.82 Å². The molecule has 1 aromatic rings. The van der Waals surface area contributed by atoms with Crippen LogP contribution in [0.4, 0.5) is 4.39 Å². The number of hydrogen-bond donors (Lipinski definition) is 1. The number of aryl methyl sites for hydroxylation is 2. The SMILES string of the molecule is CCCCC(CC)C(NCCC)c1c(C)cc(F)cc1C. The van der Waals surface area contributed by atoms with Crippen LogP contribution >= 0.6 is 0 Å². The molecule has 0 amide bonds. The summed E-state index contributed by atoms with van der Waals surface area (Å²) < 4.78 is 13.6. The summed E-state index contributed by atoms with van der Waals surface area (Å²) in [6.45, 7) is 11.8. The molecule has 0 aliphatic rings. The maximum absolute atomic E-state index is 13.6. The average molecular weight is 293 g/mol. The van der Waals surface area contributed by atoms with Crippen LogP contribution in [-0.2, 0) is 0 Å². The lowest BCUT2D eigenvalue weighted by Gasteiger charge is -2.30. The van der Waals surface area contributed by atoms with Crippen LogP contribution in [0.2, 0.25) is 0 Å². The first kappa shape index (κ1) is 18.2. The lowest BCUT2D eigenvalue weighted by molar-refractivity contribution is 0.321. The molecule has 120 valence electrons. The first-order valence-electron chi connectivity index (χ1n) is 8.55. The Morgan fingerprint density at radius 2 is 1.67 bits per heavy atom. The molecule has 2 heteroatoms. The maximum Gasteiger partial charge on any atom is 0.123 e. The van der Waals surface area contributed by atoms with Gasteiger partial charge in [-0.2, -0.15) is 0 Å². The van der Waals surface area contributed by atoms with Gasteiger partial charge >= 0.3 is 0 Å². The van der Waals surface area contributed by atoms with E-state index in [4.69, 9.17) is 0 Å². The Morgan fingerprint density at radius 3 is 2.14 bits per heavy atom. The number of benzene rings is 1. The number of unbranched alkanes of at least 4 members (excludes halogenated alkanes) is 1. The Hall–Kier alpha value is -0.890. The van der Waals surface area contributed by atoms with Gasteiger partial charge in [0.25, 0.3) is 0 Å². The van der Waals surface area contributed by atoms with E-state index in [-0.39, 0.29) is 5.82 Å². The monoisotopic (exact) mass is 293 g/mol. The third kappa shape index (κ3) is 5.10. The van der Waals surface area contributed by atoms with E-state index in [1.807, 2.05) is 13.8 Å². The van der Waals surface area contributed by atoms with Crippen LogP contribution < -0.4 is 5.32 Å². The van der Waals surface area contributed by atoms with Gasteiger partial charge in [-0.1, -0.05) is 40.0 Å². The van der Waals surface area contributed by atoms with Crippen molar-refractivity contribution in [2.45, 2.75) is 72.8 Å². The molecule has 21 heavy (non-hydrogen) atoms. The molecule has 1 aromatic carbocycles. The molecule has 0 heterocycles. The molecule has 1 N–H and O–H groups in total. The second-order valence-corrected chi connectivity index (χ2v) is 6.20. The smallest absolute Gasteiger partial charge is 0.123 e. The van der Waals surface area contributed by atoms with E-state index in [0.29, 0.717) is 12.0 Å². The zero-order valence-electron chi connectivity index (χ0n) is 14.4. The van der Waals surface area contributed by atoms with Gasteiger partial charge in [0.15, 0.2) is 0 Å². The van der Waals surface area contributed by atoms with Gasteiger partial charge in [-0.3, -0.25) is 0 Å². The van der Waals surface area contributed by atoms with Gasteiger partial charge in [0, 0.05) is 6.04 Å². The molecule has 0 saturated carbocycles. The molecule has 2 unspecified atom stereocenters. The molecule has 1 nitrogen and oxygen atoms in total. The van der Waals surface area contributed by atoms with Crippen LogP contribution in [0.3, 0.4) is 0 Å². The van der Waals surface area contributed by atoms with Gasteiger partial charge in [-0.05, 0) is 68.0 Å². The summed E-state index contributed by atoms with van der Waals surface area (Å²) in [6, 6.07) is 3.70. The van der Waals surface area contributed by atoms with Crippen molar-refractivity contribution in [3.8, 4) is 0 Å². The van der Waals surface area contributed by atoms with E-state index >= 15 is 0 Å². The molecule has 0 saturated heterocycles. The highest BCUT2D eigenvalue weighted by atomic mass is 19.1. The summed E-state index contributed by atoms with van der Waals surface area (Å²) in [7, 11) is 0. The van der Waals surface area contributed by atoms with E-state index in [2.05, 4.69) is 26.1 Å². The Bertz CT molecular complexity index is 405. The average Bonchev–Trinajstić information content (AvgIpc) is 2.43. The van der Waals surface area contributed by atoms with Crippen molar-refractivity contribution in [3.63, 3.8) is 0 Å². The molecular formula is C19H32FN. The summed E-state index contributed by atoms with van der Waals surface area (Å²) >= 11 is 0. The second kappa shape index (κ2) is 9.19. The van der Waals surface area contributed by atoms with Crippen LogP contribution in [0.5, 0.6) is 0 Å². The van der Waals surface area contributed by atoms with Crippen molar-refractivity contribution in [2.75, 3.05) is 6.54 Å². The lowest BCUT2D eigenvalue weighted by Crippen LogP contribution is -2.30. The van der Waals surface area contributed by atoms with Crippen molar-refractivity contribution in [3.05, 3.63) is 34.6 Å². The fraction of sp³-hybridized carbons (Fsp3) is 0.684. The molecule has 0 bridgehead atoms. The van der Waals surface area contributed by atoms with E-state index < -0.39 is 0 Å². The standard InChI is InChI=1S/C19H32FN/c1-6-9-10-16(8-3)19(21-11-7-2)18-14(4)12-17(20)13-15(18)5/h12-13,16,19,21H,6-11H2,1-5H3. The zero-order chi connectivity index (χ0) is 15.8. The van der Waals surface area contributed by atoms with Crippen molar-refractivity contribution < 1.29 is 4.39 Å². The normalized spacial score (nSPS) is 14.2. The third-order valence-corrected chi connectivity index (χ3v) is 4.41. The van der Waals surface area contributed by atoms with Crippen LogP contribution in [-0.4, -0.2) is 6.54 Å². The van der Waals surface area contributed by atoms with Crippen LogP contribution in [0.25, 0.3) is 0 Å². The number of halogens is 1. The molecule has 0 spiro atoms. The minimum Gasteiger partial charge on any atom is -0.310 e. The first-order chi connectivity index (χ1) is 10.0. The lowest BCUT2D eigenvalue weighted by atomic mass is 9.83. The highest BCUT2D eigenvalue weighted by Gasteiger charge is 2.24. The molecule has 1 rings (SSSR count). The van der Waals surface area contributed by atoms with Gasteiger partial charge in [0.2, 0.25) is 0 Å². The van der Waals surface area contributed by atoms with E-state index in [9.17, 15) is 4.39 Å². The van der Waals surface area contributed by atoms with Crippen LogP contribution in [0.1, 0.15) is 75.6 Å². The third-order valence-electron chi connectivity index (χ3n) is 4.41. The highest BCUT2D eigenvalue weighted by Crippen LogP contribution is 2.33. The maximum atomic E-state index is 13.6. The van der Waals surface area contributed by atoms with E-state index in [0.717, 1.165) is 30.5 Å². The highest BCUT2D eigenvalue weighted by molar-refractivity contribution is 5.37. The summed E-state index contributed by atoms with van der Waals surface area (Å²) in [5, 5.41) is 3.72. The minimum absolute atomic E-state index is 0.121. The predicted octanol–water partition coefficient (Wildman–Crippen LogP) is 5.70. The minimum atomic E-state index is -0.121. The van der Waals surface area contributed by atoms with Crippen molar-refractivity contribution in [2.24, 2.45) is 5.92 Å². The molecule has 2 atom stereocenters. The van der Waals surface area contributed by atoms with E-state index in [1.165, 1.54) is 24.8 Å². The van der Waals surface area contributed by atoms with Gasteiger partial charge in [-0.25, -0.2) is 4.39 Å². The summed E-state index contributed by atoms with van der Waals surface area (Å²) in [4.78, 5) is 0. The largest absolute Gasteiger partial charge is 0.310 e. The van der Waals surface area contributed by atoms with Gasteiger partial charge < -0.3 is 5.32 Å². The first-order valence-corrected chi connectivity index (χ1v) is 8.55. The Kier molecular flexibility index (Phi) is 7.95. The molecule has 0 aromatic heterocycles. The Balaban J connectivity index is 3.11. The summed E-state index contributed by atoms with van der Waals surface area (Å²) in [6.07, 6.45) is 6.03. The Labute approximate surface area is 130 Å².